The minimum absolute atomic E-state index is 0.266. The van der Waals surface area contributed by atoms with Crippen molar-refractivity contribution in [3.8, 4) is 5.75 Å². The molecule has 0 aromatic heterocycles. The zero-order valence-corrected chi connectivity index (χ0v) is 10.0. The Morgan fingerprint density at radius 1 is 0.889 bits per heavy atom. The molecule has 2 N–H and O–H groups in total. The number of ether oxygens (including phenoxy) is 3. The van der Waals surface area contributed by atoms with Crippen LogP contribution < -0.4 is 10.5 Å². The van der Waals surface area contributed by atoms with Gasteiger partial charge in [0.2, 0.25) is 0 Å². The highest BCUT2D eigenvalue weighted by Gasteiger charge is 2.02. The smallest absolute Gasteiger partial charge is 0.162 e. The van der Waals surface area contributed by atoms with Crippen LogP contribution in [-0.4, -0.2) is 39.6 Å². The monoisotopic (exact) mass is 261 g/mol. The summed E-state index contributed by atoms with van der Waals surface area (Å²) in [7, 11) is 0. The molecule has 0 spiro atoms. The van der Waals surface area contributed by atoms with Crippen LogP contribution in [0, 0.1) is 11.6 Å². The molecule has 0 saturated carbocycles. The number of benzene rings is 1. The third-order valence-corrected chi connectivity index (χ3v) is 2.02. The van der Waals surface area contributed by atoms with Gasteiger partial charge in [0.25, 0.3) is 0 Å². The number of halogens is 2. The van der Waals surface area contributed by atoms with Crippen molar-refractivity contribution >= 4 is 0 Å². The van der Waals surface area contributed by atoms with Gasteiger partial charge in [0.05, 0.1) is 26.4 Å². The van der Waals surface area contributed by atoms with Gasteiger partial charge in [-0.25, -0.2) is 8.78 Å². The molecule has 0 unspecified atom stereocenters. The highest BCUT2D eigenvalue weighted by Crippen LogP contribution is 2.14. The van der Waals surface area contributed by atoms with Gasteiger partial charge in [-0.15, -0.1) is 0 Å². The Hall–Kier alpha value is -1.24. The molecule has 1 aromatic carbocycles. The molecule has 6 heteroatoms. The molecule has 0 aliphatic rings. The summed E-state index contributed by atoms with van der Waals surface area (Å²) >= 11 is 0. The van der Waals surface area contributed by atoms with Gasteiger partial charge in [-0.1, -0.05) is 0 Å². The minimum atomic E-state index is -0.927. The van der Waals surface area contributed by atoms with E-state index in [0.717, 1.165) is 12.1 Å². The second-order valence-electron chi connectivity index (χ2n) is 3.44. The Balaban J connectivity index is 2.05. The molecule has 0 saturated heterocycles. The van der Waals surface area contributed by atoms with Crippen LogP contribution in [0.25, 0.3) is 0 Å². The summed E-state index contributed by atoms with van der Waals surface area (Å²) < 4.78 is 40.9. The quantitative estimate of drug-likeness (QED) is 0.681. The summed E-state index contributed by atoms with van der Waals surface area (Å²) in [6, 6.07) is 3.38. The zero-order chi connectivity index (χ0) is 13.2. The van der Waals surface area contributed by atoms with E-state index in [-0.39, 0.29) is 12.4 Å². The number of hydrogen-bond donors (Lipinski definition) is 1. The highest BCUT2D eigenvalue weighted by atomic mass is 19.2. The van der Waals surface area contributed by atoms with Gasteiger partial charge in [-0.3, -0.25) is 0 Å². The number of nitrogens with two attached hydrogens (primary N) is 1. The minimum Gasteiger partial charge on any atom is -0.491 e. The van der Waals surface area contributed by atoms with Crippen molar-refractivity contribution in [2.45, 2.75) is 0 Å². The van der Waals surface area contributed by atoms with E-state index in [0.29, 0.717) is 33.0 Å². The van der Waals surface area contributed by atoms with Crippen molar-refractivity contribution in [3.05, 3.63) is 29.8 Å². The van der Waals surface area contributed by atoms with Crippen LogP contribution in [0.4, 0.5) is 8.78 Å². The molecule has 102 valence electrons. The standard InChI is InChI=1S/C12H17F2NO3/c13-11-2-1-10(9-12(11)14)18-8-7-17-6-5-16-4-3-15/h1-2,9H,3-8,15H2. The average Bonchev–Trinajstić information content (AvgIpc) is 2.37. The van der Waals surface area contributed by atoms with Crippen molar-refractivity contribution in [1.29, 1.82) is 0 Å². The van der Waals surface area contributed by atoms with Gasteiger partial charge in [0.15, 0.2) is 11.6 Å². The third-order valence-electron chi connectivity index (χ3n) is 2.02. The Labute approximate surface area is 105 Å². The van der Waals surface area contributed by atoms with E-state index >= 15 is 0 Å². The van der Waals surface area contributed by atoms with Crippen LogP contribution in [-0.2, 0) is 9.47 Å². The van der Waals surface area contributed by atoms with E-state index in [4.69, 9.17) is 19.9 Å². The SMILES string of the molecule is NCCOCCOCCOc1ccc(F)c(F)c1. The maximum atomic E-state index is 12.8. The lowest BCUT2D eigenvalue weighted by molar-refractivity contribution is 0.0387. The lowest BCUT2D eigenvalue weighted by Crippen LogP contribution is -2.14. The Bertz CT molecular complexity index is 350. The van der Waals surface area contributed by atoms with E-state index in [1.165, 1.54) is 6.07 Å². The maximum Gasteiger partial charge on any atom is 0.162 e. The fourth-order valence-electron chi connectivity index (χ4n) is 1.19. The number of hydrogen-bond acceptors (Lipinski definition) is 4. The molecule has 0 amide bonds. The molecule has 18 heavy (non-hydrogen) atoms. The maximum absolute atomic E-state index is 12.8. The van der Waals surface area contributed by atoms with Gasteiger partial charge in [0.1, 0.15) is 12.4 Å². The van der Waals surface area contributed by atoms with Crippen LogP contribution in [0.5, 0.6) is 5.75 Å². The van der Waals surface area contributed by atoms with Crippen LogP contribution in [0.2, 0.25) is 0 Å². The molecule has 0 bridgehead atoms. The first-order valence-electron chi connectivity index (χ1n) is 5.67. The molecule has 1 rings (SSSR count). The topological polar surface area (TPSA) is 53.7 Å². The first kappa shape index (κ1) is 14.8. The number of rotatable bonds is 9. The van der Waals surface area contributed by atoms with Gasteiger partial charge < -0.3 is 19.9 Å². The fraction of sp³-hybridized carbons (Fsp3) is 0.500. The van der Waals surface area contributed by atoms with Crippen LogP contribution >= 0.6 is 0 Å². The third kappa shape index (κ3) is 5.90. The van der Waals surface area contributed by atoms with E-state index in [9.17, 15) is 8.78 Å². The average molecular weight is 261 g/mol. The molecule has 0 aliphatic carbocycles. The van der Waals surface area contributed by atoms with E-state index in [1.54, 1.807) is 0 Å². The molecule has 0 radical (unpaired) electrons. The fourth-order valence-corrected chi connectivity index (χ4v) is 1.19. The van der Waals surface area contributed by atoms with Crippen molar-refractivity contribution < 1.29 is 23.0 Å². The second-order valence-corrected chi connectivity index (χ2v) is 3.44. The first-order valence-corrected chi connectivity index (χ1v) is 5.67. The Morgan fingerprint density at radius 2 is 1.56 bits per heavy atom. The lowest BCUT2D eigenvalue weighted by Gasteiger charge is -2.07. The predicted octanol–water partition coefficient (Wildman–Crippen LogP) is 1.34. The van der Waals surface area contributed by atoms with Gasteiger partial charge >= 0.3 is 0 Å². The Kier molecular flexibility index (Phi) is 7.24. The molecule has 0 atom stereocenters. The Morgan fingerprint density at radius 3 is 2.22 bits per heavy atom. The van der Waals surface area contributed by atoms with Crippen LogP contribution in [0.1, 0.15) is 0 Å². The van der Waals surface area contributed by atoms with E-state index in [1.807, 2.05) is 0 Å². The molecule has 0 heterocycles. The van der Waals surface area contributed by atoms with Gasteiger partial charge in [0, 0.05) is 12.6 Å². The first-order chi connectivity index (χ1) is 8.74. The zero-order valence-electron chi connectivity index (χ0n) is 10.0. The summed E-state index contributed by atoms with van der Waals surface area (Å²) in [4.78, 5) is 0. The lowest BCUT2D eigenvalue weighted by atomic mass is 10.3. The van der Waals surface area contributed by atoms with Crippen molar-refractivity contribution in [1.82, 2.24) is 0 Å². The molecule has 1 aromatic rings. The molecule has 0 fully saturated rings. The normalized spacial score (nSPS) is 10.6. The summed E-state index contributed by atoms with van der Waals surface area (Å²) in [6.07, 6.45) is 0. The van der Waals surface area contributed by atoms with E-state index in [2.05, 4.69) is 0 Å². The summed E-state index contributed by atoms with van der Waals surface area (Å²) in [6.45, 7) is 2.53. The van der Waals surface area contributed by atoms with E-state index < -0.39 is 11.6 Å². The molecule has 0 aliphatic heterocycles. The van der Waals surface area contributed by atoms with Crippen molar-refractivity contribution in [3.63, 3.8) is 0 Å². The predicted molar refractivity (Wildman–Crippen MR) is 62.5 cm³/mol. The molecular weight excluding hydrogens is 244 g/mol. The molecule has 4 nitrogen and oxygen atoms in total. The summed E-state index contributed by atoms with van der Waals surface area (Å²) in [5.41, 5.74) is 5.24. The van der Waals surface area contributed by atoms with Gasteiger partial charge in [-0.05, 0) is 12.1 Å². The second kappa shape index (κ2) is 8.79. The van der Waals surface area contributed by atoms with Crippen molar-refractivity contribution in [2.24, 2.45) is 5.73 Å². The van der Waals surface area contributed by atoms with Crippen molar-refractivity contribution in [2.75, 3.05) is 39.6 Å². The highest BCUT2D eigenvalue weighted by molar-refractivity contribution is 5.23. The largest absolute Gasteiger partial charge is 0.491 e. The van der Waals surface area contributed by atoms with Crippen LogP contribution in [0.3, 0.4) is 0 Å². The summed E-state index contributed by atoms with van der Waals surface area (Å²) in [5, 5.41) is 0. The van der Waals surface area contributed by atoms with Gasteiger partial charge in [-0.2, -0.15) is 0 Å². The van der Waals surface area contributed by atoms with Crippen LogP contribution in [0.15, 0.2) is 18.2 Å². The summed E-state index contributed by atoms with van der Waals surface area (Å²) in [5.74, 6) is -1.55. The molecular formula is C12H17F2NO3.